The first-order chi connectivity index (χ1) is 7.75. The van der Waals surface area contributed by atoms with E-state index in [0.29, 0.717) is 0 Å². The van der Waals surface area contributed by atoms with Crippen LogP contribution < -0.4 is 16.0 Å². The summed E-state index contributed by atoms with van der Waals surface area (Å²) in [5.74, 6) is 0.846. The van der Waals surface area contributed by atoms with E-state index in [0.717, 1.165) is 31.7 Å². The molecule has 2 heterocycles. The topological polar surface area (TPSA) is 84.1 Å². The highest BCUT2D eigenvalue weighted by atomic mass is 16.2. The molecule has 3 N–H and O–H groups in total. The van der Waals surface area contributed by atoms with Crippen molar-refractivity contribution in [2.75, 3.05) is 18.0 Å². The molecule has 0 radical (unpaired) electrons. The molecule has 0 bridgehead atoms. The van der Waals surface area contributed by atoms with Gasteiger partial charge in [0.05, 0.1) is 0 Å². The van der Waals surface area contributed by atoms with E-state index in [9.17, 15) is 4.79 Å². The lowest BCUT2D eigenvalue weighted by Crippen LogP contribution is -2.49. The molecular weight excluding hydrogens is 206 g/mol. The Bertz CT molecular complexity index is 355. The highest BCUT2D eigenvalue weighted by Gasteiger charge is 2.21. The molecule has 6 heteroatoms. The van der Waals surface area contributed by atoms with Crippen LogP contribution in [0.1, 0.15) is 12.8 Å². The van der Waals surface area contributed by atoms with Gasteiger partial charge in [-0.1, -0.05) is 0 Å². The van der Waals surface area contributed by atoms with Crippen molar-refractivity contribution < 1.29 is 4.79 Å². The number of nitrogens with one attached hydrogen (secondary N) is 1. The van der Waals surface area contributed by atoms with Gasteiger partial charge in [-0.15, -0.1) is 5.10 Å². The Morgan fingerprint density at radius 3 is 3.19 bits per heavy atom. The lowest BCUT2D eigenvalue weighted by Gasteiger charge is -2.33. The minimum Gasteiger partial charge on any atom is -0.353 e. The number of hydrogen-bond donors (Lipinski definition) is 2. The molecule has 1 aromatic rings. The van der Waals surface area contributed by atoms with Crippen molar-refractivity contribution in [3.63, 3.8) is 0 Å². The molecule has 1 saturated heterocycles. The van der Waals surface area contributed by atoms with E-state index in [1.54, 1.807) is 6.20 Å². The van der Waals surface area contributed by atoms with Crippen LogP contribution in [0.3, 0.4) is 0 Å². The molecule has 6 nitrogen and oxygen atoms in total. The molecule has 16 heavy (non-hydrogen) atoms. The van der Waals surface area contributed by atoms with Crippen LogP contribution in [0, 0.1) is 0 Å². The smallest absolute Gasteiger partial charge is 0.312 e. The Labute approximate surface area is 93.8 Å². The average molecular weight is 221 g/mol. The number of piperidine rings is 1. The normalized spacial score (nSPS) is 20.5. The summed E-state index contributed by atoms with van der Waals surface area (Å²) in [7, 11) is 0. The van der Waals surface area contributed by atoms with E-state index >= 15 is 0 Å². The molecule has 2 rings (SSSR count). The van der Waals surface area contributed by atoms with Crippen molar-refractivity contribution in [1.29, 1.82) is 0 Å². The molecule has 1 aliphatic heterocycles. The van der Waals surface area contributed by atoms with Crippen LogP contribution in [0.4, 0.5) is 10.6 Å². The standard InChI is InChI=1S/C10H15N5O/c11-10(16)13-8-3-2-6-15(7-8)9-4-1-5-12-14-9/h1,4-5,8H,2-3,6-7H2,(H3,11,13,16)/t8-/m1/s1. The third kappa shape index (κ3) is 2.59. The van der Waals surface area contributed by atoms with Crippen molar-refractivity contribution in [3.05, 3.63) is 18.3 Å². The predicted octanol–water partition coefficient (Wildman–Crippen LogP) is 0.114. The van der Waals surface area contributed by atoms with Gasteiger partial charge in [-0.25, -0.2) is 4.79 Å². The zero-order valence-corrected chi connectivity index (χ0v) is 8.97. The Morgan fingerprint density at radius 1 is 1.62 bits per heavy atom. The minimum atomic E-state index is -0.467. The van der Waals surface area contributed by atoms with Gasteiger partial charge in [-0.2, -0.15) is 5.10 Å². The number of anilines is 1. The first kappa shape index (κ1) is 10.7. The largest absolute Gasteiger partial charge is 0.353 e. The quantitative estimate of drug-likeness (QED) is 0.742. The SMILES string of the molecule is NC(=O)N[C@@H]1CCCN(c2cccnn2)C1. The minimum absolute atomic E-state index is 0.105. The molecule has 0 unspecified atom stereocenters. The number of nitrogens with two attached hydrogens (primary N) is 1. The number of primary amides is 1. The number of aromatic nitrogens is 2. The van der Waals surface area contributed by atoms with Crippen LogP contribution in [-0.2, 0) is 0 Å². The van der Waals surface area contributed by atoms with Crippen LogP contribution in [0.5, 0.6) is 0 Å². The maximum Gasteiger partial charge on any atom is 0.312 e. The first-order valence-corrected chi connectivity index (χ1v) is 5.34. The summed E-state index contributed by atoms with van der Waals surface area (Å²) in [5.41, 5.74) is 5.11. The predicted molar refractivity (Wildman–Crippen MR) is 60.0 cm³/mol. The fourth-order valence-corrected chi connectivity index (χ4v) is 1.97. The van der Waals surface area contributed by atoms with E-state index in [-0.39, 0.29) is 6.04 Å². The number of carbonyl (C=O) groups excluding carboxylic acids is 1. The monoisotopic (exact) mass is 221 g/mol. The number of amides is 2. The maximum absolute atomic E-state index is 10.8. The lowest BCUT2D eigenvalue weighted by molar-refractivity contribution is 0.243. The third-order valence-electron chi connectivity index (χ3n) is 2.65. The van der Waals surface area contributed by atoms with E-state index in [1.807, 2.05) is 12.1 Å². The van der Waals surface area contributed by atoms with E-state index in [2.05, 4.69) is 20.4 Å². The number of urea groups is 1. The van der Waals surface area contributed by atoms with Crippen molar-refractivity contribution >= 4 is 11.8 Å². The fraction of sp³-hybridized carbons (Fsp3) is 0.500. The first-order valence-electron chi connectivity index (χ1n) is 5.34. The van der Waals surface area contributed by atoms with Gasteiger partial charge in [0, 0.05) is 25.3 Å². The second-order valence-electron chi connectivity index (χ2n) is 3.88. The van der Waals surface area contributed by atoms with Gasteiger partial charge in [0.2, 0.25) is 0 Å². The van der Waals surface area contributed by atoms with Crippen LogP contribution in [0.15, 0.2) is 18.3 Å². The van der Waals surface area contributed by atoms with Gasteiger partial charge in [0.15, 0.2) is 5.82 Å². The molecule has 1 fully saturated rings. The second kappa shape index (κ2) is 4.78. The Morgan fingerprint density at radius 2 is 2.50 bits per heavy atom. The van der Waals surface area contributed by atoms with Crippen molar-refractivity contribution in [3.8, 4) is 0 Å². The summed E-state index contributed by atoms with van der Waals surface area (Å²) in [4.78, 5) is 12.9. The van der Waals surface area contributed by atoms with Gasteiger partial charge in [-0.05, 0) is 25.0 Å². The zero-order valence-electron chi connectivity index (χ0n) is 8.97. The highest BCUT2D eigenvalue weighted by Crippen LogP contribution is 2.16. The van der Waals surface area contributed by atoms with Gasteiger partial charge >= 0.3 is 6.03 Å². The van der Waals surface area contributed by atoms with E-state index in [1.165, 1.54) is 0 Å². The summed E-state index contributed by atoms with van der Waals surface area (Å²) < 4.78 is 0. The van der Waals surface area contributed by atoms with Gasteiger partial charge < -0.3 is 16.0 Å². The Kier molecular flexibility index (Phi) is 3.19. The molecule has 1 aromatic heterocycles. The molecule has 2 amide bonds. The summed E-state index contributed by atoms with van der Waals surface area (Å²) in [6.07, 6.45) is 3.62. The summed E-state index contributed by atoms with van der Waals surface area (Å²) in [6, 6.07) is 3.41. The van der Waals surface area contributed by atoms with Crippen LogP contribution >= 0.6 is 0 Å². The summed E-state index contributed by atoms with van der Waals surface area (Å²) >= 11 is 0. The van der Waals surface area contributed by atoms with Crippen molar-refractivity contribution in [2.45, 2.75) is 18.9 Å². The number of rotatable bonds is 2. The molecular formula is C10H15N5O. The molecule has 0 saturated carbocycles. The van der Waals surface area contributed by atoms with Crippen LogP contribution in [0.25, 0.3) is 0 Å². The van der Waals surface area contributed by atoms with Gasteiger partial charge in [0.25, 0.3) is 0 Å². The fourth-order valence-electron chi connectivity index (χ4n) is 1.97. The number of carbonyl (C=O) groups is 1. The molecule has 86 valence electrons. The highest BCUT2D eigenvalue weighted by molar-refractivity contribution is 5.72. The lowest BCUT2D eigenvalue weighted by atomic mass is 10.1. The third-order valence-corrected chi connectivity index (χ3v) is 2.65. The summed E-state index contributed by atoms with van der Waals surface area (Å²) in [6.45, 7) is 1.68. The Hall–Kier alpha value is -1.85. The zero-order chi connectivity index (χ0) is 11.4. The number of hydrogen-bond acceptors (Lipinski definition) is 4. The van der Waals surface area contributed by atoms with Crippen LogP contribution in [0.2, 0.25) is 0 Å². The second-order valence-corrected chi connectivity index (χ2v) is 3.88. The van der Waals surface area contributed by atoms with E-state index < -0.39 is 6.03 Å². The summed E-state index contributed by atoms with van der Waals surface area (Å²) in [5, 5.41) is 10.6. The maximum atomic E-state index is 10.8. The van der Waals surface area contributed by atoms with Crippen molar-refractivity contribution in [2.24, 2.45) is 5.73 Å². The molecule has 0 aromatic carbocycles. The average Bonchev–Trinajstić information content (AvgIpc) is 2.30. The van der Waals surface area contributed by atoms with Gasteiger partial charge in [0.1, 0.15) is 0 Å². The van der Waals surface area contributed by atoms with Crippen LogP contribution in [-0.4, -0.2) is 35.4 Å². The molecule has 0 aliphatic carbocycles. The van der Waals surface area contributed by atoms with Gasteiger partial charge in [-0.3, -0.25) is 0 Å². The molecule has 1 aliphatic rings. The molecule has 0 spiro atoms. The van der Waals surface area contributed by atoms with E-state index in [4.69, 9.17) is 5.73 Å². The number of nitrogens with zero attached hydrogens (tertiary/aromatic N) is 3. The Balaban J connectivity index is 1.99. The van der Waals surface area contributed by atoms with Crippen molar-refractivity contribution in [1.82, 2.24) is 15.5 Å². The molecule has 1 atom stereocenters.